The third kappa shape index (κ3) is 3.82. The molecule has 0 aliphatic heterocycles. The first-order valence-electron chi connectivity index (χ1n) is 6.20. The summed E-state index contributed by atoms with van der Waals surface area (Å²) >= 11 is 1.07. The summed E-state index contributed by atoms with van der Waals surface area (Å²) in [6, 6.07) is 4.13. The molecule has 2 atom stereocenters. The van der Waals surface area contributed by atoms with Gasteiger partial charge in [-0.3, -0.25) is 9.00 Å². The smallest absolute Gasteiger partial charge is 0.313 e. The van der Waals surface area contributed by atoms with E-state index in [1.807, 2.05) is 11.5 Å². The normalized spacial score (nSPS) is 14.2. The van der Waals surface area contributed by atoms with Crippen LogP contribution in [0.3, 0.4) is 0 Å². The van der Waals surface area contributed by atoms with Crippen LogP contribution in [0.5, 0.6) is 0 Å². The molecule has 0 spiro atoms. The quantitative estimate of drug-likeness (QED) is 0.823. The molecule has 0 saturated heterocycles. The van der Waals surface area contributed by atoms with Gasteiger partial charge in [0.05, 0.1) is 16.8 Å². The van der Waals surface area contributed by atoms with Gasteiger partial charge in [0, 0.05) is 34.9 Å². The van der Waals surface area contributed by atoms with Gasteiger partial charge in [0.1, 0.15) is 5.82 Å². The largest absolute Gasteiger partial charge is 0.481 e. The Labute approximate surface area is 128 Å². The lowest BCUT2D eigenvalue weighted by molar-refractivity contribution is -0.133. The number of carboxylic acids is 1. The standard InChI is InChI=1S/C13H15FN2O3S2/c1-8(7-21(2)19)16-11-4-3-9(14)5-10(11)15-13(16)20-6-12(17)18/h3-5,8H,6-7H2,1-2H3,(H,17,18). The number of aromatic nitrogens is 2. The minimum absolute atomic E-state index is 0.123. The van der Waals surface area contributed by atoms with E-state index in [0.717, 1.165) is 11.8 Å². The van der Waals surface area contributed by atoms with Gasteiger partial charge in [0.25, 0.3) is 0 Å². The number of rotatable bonds is 6. The highest BCUT2D eigenvalue weighted by atomic mass is 32.2. The van der Waals surface area contributed by atoms with Crippen LogP contribution in [-0.4, -0.2) is 42.6 Å². The second-order valence-electron chi connectivity index (χ2n) is 4.67. The summed E-state index contributed by atoms with van der Waals surface area (Å²) in [4.78, 5) is 15.0. The van der Waals surface area contributed by atoms with Crippen molar-refractivity contribution >= 4 is 39.6 Å². The average Bonchev–Trinajstić information content (AvgIpc) is 2.72. The number of halogens is 1. The lowest BCUT2D eigenvalue weighted by Crippen LogP contribution is -2.14. The molecule has 8 heteroatoms. The molecule has 1 heterocycles. The molecule has 2 unspecified atom stereocenters. The highest BCUT2D eigenvalue weighted by Crippen LogP contribution is 2.28. The van der Waals surface area contributed by atoms with E-state index in [9.17, 15) is 13.4 Å². The van der Waals surface area contributed by atoms with Crippen LogP contribution in [-0.2, 0) is 15.6 Å². The molecule has 0 radical (unpaired) electrons. The van der Waals surface area contributed by atoms with Gasteiger partial charge in [-0.1, -0.05) is 11.8 Å². The second-order valence-corrected chi connectivity index (χ2v) is 7.09. The van der Waals surface area contributed by atoms with Gasteiger partial charge in [-0.05, 0) is 19.1 Å². The third-order valence-corrected chi connectivity index (χ3v) is 4.75. The van der Waals surface area contributed by atoms with E-state index in [1.165, 1.54) is 12.1 Å². The molecule has 0 aliphatic carbocycles. The summed E-state index contributed by atoms with van der Waals surface area (Å²) in [5, 5.41) is 9.30. The van der Waals surface area contributed by atoms with E-state index in [1.54, 1.807) is 12.3 Å². The van der Waals surface area contributed by atoms with Crippen LogP contribution >= 0.6 is 11.8 Å². The van der Waals surface area contributed by atoms with E-state index in [0.29, 0.717) is 21.9 Å². The summed E-state index contributed by atoms with van der Waals surface area (Å²) in [6.45, 7) is 1.89. The molecular formula is C13H15FN2O3S2. The maximum absolute atomic E-state index is 13.3. The first-order valence-corrected chi connectivity index (χ1v) is 8.92. The maximum atomic E-state index is 13.3. The van der Waals surface area contributed by atoms with Gasteiger partial charge in [0.15, 0.2) is 5.16 Å². The fraction of sp³-hybridized carbons (Fsp3) is 0.385. The average molecular weight is 330 g/mol. The Hall–Kier alpha value is -1.41. The van der Waals surface area contributed by atoms with Crippen LogP contribution < -0.4 is 0 Å². The van der Waals surface area contributed by atoms with E-state index >= 15 is 0 Å². The van der Waals surface area contributed by atoms with E-state index in [2.05, 4.69) is 4.98 Å². The van der Waals surface area contributed by atoms with Crippen molar-refractivity contribution in [2.75, 3.05) is 17.8 Å². The molecule has 0 amide bonds. The summed E-state index contributed by atoms with van der Waals surface area (Å²) in [6.07, 6.45) is 1.61. The van der Waals surface area contributed by atoms with Crippen molar-refractivity contribution in [3.05, 3.63) is 24.0 Å². The predicted molar refractivity (Wildman–Crippen MR) is 81.7 cm³/mol. The molecule has 2 aromatic rings. The van der Waals surface area contributed by atoms with Crippen LogP contribution in [0.25, 0.3) is 11.0 Å². The zero-order valence-corrected chi connectivity index (χ0v) is 13.2. The lowest BCUT2D eigenvalue weighted by Gasteiger charge is -2.15. The monoisotopic (exact) mass is 330 g/mol. The molecule has 0 saturated carbocycles. The predicted octanol–water partition coefficient (Wildman–Crippen LogP) is 2.29. The second kappa shape index (κ2) is 6.57. The number of carbonyl (C=O) groups is 1. The highest BCUT2D eigenvalue weighted by molar-refractivity contribution is 7.99. The number of aliphatic carboxylic acids is 1. The van der Waals surface area contributed by atoms with E-state index < -0.39 is 22.6 Å². The lowest BCUT2D eigenvalue weighted by atomic mass is 10.3. The summed E-state index contributed by atoms with van der Waals surface area (Å²) < 4.78 is 26.6. The molecule has 1 N–H and O–H groups in total. The Morgan fingerprint density at radius 2 is 2.29 bits per heavy atom. The Morgan fingerprint density at radius 3 is 2.90 bits per heavy atom. The molecule has 1 aromatic carbocycles. The van der Waals surface area contributed by atoms with Crippen LogP contribution in [0, 0.1) is 5.82 Å². The van der Waals surface area contributed by atoms with Gasteiger partial charge < -0.3 is 9.67 Å². The van der Waals surface area contributed by atoms with Crippen molar-refractivity contribution in [2.24, 2.45) is 0 Å². The van der Waals surface area contributed by atoms with Gasteiger partial charge in [-0.15, -0.1) is 0 Å². The van der Waals surface area contributed by atoms with Gasteiger partial charge in [-0.2, -0.15) is 0 Å². The summed E-state index contributed by atoms with van der Waals surface area (Å²) in [5.74, 6) is -1.05. The molecule has 21 heavy (non-hydrogen) atoms. The Bertz CT molecular complexity index is 702. The number of nitrogens with zero attached hydrogens (tertiary/aromatic N) is 2. The summed E-state index contributed by atoms with van der Waals surface area (Å²) in [7, 11) is -0.997. The number of imidazole rings is 1. The SMILES string of the molecule is CC(CS(C)=O)n1c(SCC(=O)O)nc2cc(F)ccc21. The molecule has 1 aromatic heterocycles. The molecule has 0 aliphatic rings. The molecule has 2 rings (SSSR count). The summed E-state index contributed by atoms with van der Waals surface area (Å²) in [5.41, 5.74) is 1.18. The number of hydrogen-bond donors (Lipinski definition) is 1. The van der Waals surface area contributed by atoms with Gasteiger partial charge >= 0.3 is 5.97 Å². The molecule has 0 bridgehead atoms. The van der Waals surface area contributed by atoms with Crippen molar-refractivity contribution in [1.82, 2.24) is 9.55 Å². The Balaban J connectivity index is 2.48. The fourth-order valence-electron chi connectivity index (χ4n) is 2.12. The molecule has 0 fully saturated rings. The number of carboxylic acid groups (broad SMARTS) is 1. The number of benzene rings is 1. The van der Waals surface area contributed by atoms with Gasteiger partial charge in [-0.25, -0.2) is 9.37 Å². The van der Waals surface area contributed by atoms with Gasteiger partial charge in [0.2, 0.25) is 0 Å². The minimum Gasteiger partial charge on any atom is -0.481 e. The van der Waals surface area contributed by atoms with Crippen molar-refractivity contribution < 1.29 is 18.5 Å². The van der Waals surface area contributed by atoms with Crippen LogP contribution in [0.15, 0.2) is 23.4 Å². The molecular weight excluding hydrogens is 315 g/mol. The van der Waals surface area contributed by atoms with E-state index in [-0.39, 0.29) is 11.8 Å². The Morgan fingerprint density at radius 1 is 1.57 bits per heavy atom. The number of thioether (sulfide) groups is 1. The number of hydrogen-bond acceptors (Lipinski definition) is 4. The first-order chi connectivity index (χ1) is 9.88. The van der Waals surface area contributed by atoms with Crippen molar-refractivity contribution in [2.45, 2.75) is 18.1 Å². The Kier molecular flexibility index (Phi) is 5.00. The van der Waals surface area contributed by atoms with Crippen molar-refractivity contribution in [3.63, 3.8) is 0 Å². The van der Waals surface area contributed by atoms with Crippen LogP contribution in [0.1, 0.15) is 13.0 Å². The van der Waals surface area contributed by atoms with Crippen LogP contribution in [0.2, 0.25) is 0 Å². The number of fused-ring (bicyclic) bond motifs is 1. The third-order valence-electron chi connectivity index (χ3n) is 2.86. The van der Waals surface area contributed by atoms with Crippen molar-refractivity contribution in [1.29, 1.82) is 0 Å². The topological polar surface area (TPSA) is 72.2 Å². The highest BCUT2D eigenvalue weighted by Gasteiger charge is 2.18. The minimum atomic E-state index is -0.997. The first kappa shape index (κ1) is 16.0. The molecule has 5 nitrogen and oxygen atoms in total. The zero-order chi connectivity index (χ0) is 15.6. The molecule has 114 valence electrons. The zero-order valence-electron chi connectivity index (χ0n) is 11.6. The van der Waals surface area contributed by atoms with Crippen molar-refractivity contribution in [3.8, 4) is 0 Å². The van der Waals surface area contributed by atoms with E-state index in [4.69, 9.17) is 5.11 Å². The fourth-order valence-corrected chi connectivity index (χ4v) is 3.78. The maximum Gasteiger partial charge on any atom is 0.313 e. The van der Waals surface area contributed by atoms with Crippen LogP contribution in [0.4, 0.5) is 4.39 Å².